The van der Waals surface area contributed by atoms with E-state index in [0.29, 0.717) is 12.2 Å². The Labute approximate surface area is 170 Å². The van der Waals surface area contributed by atoms with E-state index in [-0.39, 0.29) is 23.4 Å². The second kappa shape index (κ2) is 7.51. The molecule has 0 spiro atoms. The van der Waals surface area contributed by atoms with Gasteiger partial charge in [0.25, 0.3) is 5.91 Å². The SMILES string of the molecule is COc1ccc(C(=O)N2CCn3cccc3[C@H]2c2ccccc2F)cc1C(F)(F)F. The van der Waals surface area contributed by atoms with Gasteiger partial charge in [-0.3, -0.25) is 4.79 Å². The summed E-state index contributed by atoms with van der Waals surface area (Å²) in [5.74, 6) is -1.46. The summed E-state index contributed by atoms with van der Waals surface area (Å²) in [6, 6.07) is 12.1. The Morgan fingerprint density at radius 2 is 1.83 bits per heavy atom. The lowest BCUT2D eigenvalue weighted by Gasteiger charge is -2.37. The van der Waals surface area contributed by atoms with E-state index in [1.54, 1.807) is 30.3 Å². The normalized spacial score (nSPS) is 16.3. The summed E-state index contributed by atoms with van der Waals surface area (Å²) in [6.45, 7) is 0.689. The van der Waals surface area contributed by atoms with E-state index in [1.165, 1.54) is 17.0 Å². The molecular weight excluding hydrogens is 400 g/mol. The van der Waals surface area contributed by atoms with Gasteiger partial charge in [0.2, 0.25) is 0 Å². The number of aromatic nitrogens is 1. The van der Waals surface area contributed by atoms with Gasteiger partial charge in [-0.05, 0) is 36.4 Å². The van der Waals surface area contributed by atoms with Crippen molar-refractivity contribution in [1.29, 1.82) is 0 Å². The number of alkyl halides is 3. The molecule has 0 saturated heterocycles. The fourth-order valence-corrected chi connectivity index (χ4v) is 3.85. The Morgan fingerprint density at radius 3 is 2.53 bits per heavy atom. The highest BCUT2D eigenvalue weighted by atomic mass is 19.4. The van der Waals surface area contributed by atoms with Crippen molar-refractivity contribution in [3.8, 4) is 5.75 Å². The van der Waals surface area contributed by atoms with Crippen LogP contribution in [0.25, 0.3) is 0 Å². The first-order chi connectivity index (χ1) is 14.3. The number of carbonyl (C=O) groups is 1. The second-order valence-corrected chi connectivity index (χ2v) is 6.96. The fourth-order valence-electron chi connectivity index (χ4n) is 3.85. The first-order valence-electron chi connectivity index (χ1n) is 9.27. The number of ether oxygens (including phenoxy) is 1. The number of hydrogen-bond donors (Lipinski definition) is 0. The highest BCUT2D eigenvalue weighted by Crippen LogP contribution is 2.38. The van der Waals surface area contributed by atoms with Gasteiger partial charge in [-0.2, -0.15) is 13.2 Å². The molecule has 3 aromatic rings. The van der Waals surface area contributed by atoms with Gasteiger partial charge in [-0.1, -0.05) is 18.2 Å². The Hall–Kier alpha value is -3.29. The van der Waals surface area contributed by atoms with E-state index >= 15 is 0 Å². The summed E-state index contributed by atoms with van der Waals surface area (Å²) in [4.78, 5) is 14.7. The third kappa shape index (κ3) is 3.42. The van der Waals surface area contributed by atoms with Crippen LogP contribution >= 0.6 is 0 Å². The van der Waals surface area contributed by atoms with Crippen molar-refractivity contribution in [2.45, 2.75) is 18.8 Å². The first-order valence-corrected chi connectivity index (χ1v) is 9.27. The summed E-state index contributed by atoms with van der Waals surface area (Å²) in [6.07, 6.45) is -2.84. The molecule has 4 rings (SSSR count). The largest absolute Gasteiger partial charge is 0.496 e. The van der Waals surface area contributed by atoms with Crippen molar-refractivity contribution in [3.63, 3.8) is 0 Å². The summed E-state index contributed by atoms with van der Waals surface area (Å²) in [5.41, 5.74) is -0.178. The molecule has 1 amide bonds. The number of nitrogens with zero attached hydrogens (tertiary/aromatic N) is 2. The van der Waals surface area contributed by atoms with Crippen LogP contribution in [0.2, 0.25) is 0 Å². The molecule has 0 aliphatic carbocycles. The molecule has 4 nitrogen and oxygen atoms in total. The number of carbonyl (C=O) groups excluding carboxylic acids is 1. The molecule has 8 heteroatoms. The average Bonchev–Trinajstić information content (AvgIpc) is 3.21. The van der Waals surface area contributed by atoms with Crippen LogP contribution in [0.5, 0.6) is 5.75 Å². The van der Waals surface area contributed by atoms with Crippen LogP contribution in [-0.2, 0) is 12.7 Å². The Kier molecular flexibility index (Phi) is 5.01. The first kappa shape index (κ1) is 20.0. The van der Waals surface area contributed by atoms with Crippen LogP contribution in [-0.4, -0.2) is 29.0 Å². The van der Waals surface area contributed by atoms with Crippen molar-refractivity contribution < 1.29 is 27.1 Å². The quantitative estimate of drug-likeness (QED) is 0.567. The molecule has 1 aliphatic heterocycles. The van der Waals surface area contributed by atoms with Crippen LogP contribution in [0.1, 0.15) is 33.2 Å². The van der Waals surface area contributed by atoms with E-state index in [0.717, 1.165) is 19.2 Å². The van der Waals surface area contributed by atoms with Crippen molar-refractivity contribution in [3.05, 3.63) is 89.0 Å². The number of rotatable bonds is 3. The van der Waals surface area contributed by atoms with E-state index in [9.17, 15) is 22.4 Å². The zero-order valence-corrected chi connectivity index (χ0v) is 16.0. The fraction of sp³-hybridized carbons (Fsp3) is 0.227. The molecule has 0 N–H and O–H groups in total. The van der Waals surface area contributed by atoms with Gasteiger partial charge in [0.1, 0.15) is 17.6 Å². The molecule has 156 valence electrons. The Balaban J connectivity index is 1.79. The molecule has 30 heavy (non-hydrogen) atoms. The second-order valence-electron chi connectivity index (χ2n) is 6.96. The molecule has 0 saturated carbocycles. The van der Waals surface area contributed by atoms with Crippen LogP contribution < -0.4 is 4.74 Å². The maximum absolute atomic E-state index is 14.6. The summed E-state index contributed by atoms with van der Waals surface area (Å²) < 4.78 is 61.6. The van der Waals surface area contributed by atoms with Crippen LogP contribution in [0.15, 0.2) is 60.8 Å². The molecular formula is C22H18F4N2O2. The average molecular weight is 418 g/mol. The van der Waals surface area contributed by atoms with Gasteiger partial charge in [0.05, 0.1) is 12.7 Å². The maximum atomic E-state index is 14.6. The number of amides is 1. The van der Waals surface area contributed by atoms with Gasteiger partial charge < -0.3 is 14.2 Å². The minimum atomic E-state index is -4.68. The summed E-state index contributed by atoms with van der Waals surface area (Å²) in [5, 5.41) is 0. The third-order valence-electron chi connectivity index (χ3n) is 5.25. The molecule has 0 unspecified atom stereocenters. The van der Waals surface area contributed by atoms with Gasteiger partial charge >= 0.3 is 6.18 Å². The molecule has 1 atom stereocenters. The molecule has 0 bridgehead atoms. The van der Waals surface area contributed by atoms with Gasteiger partial charge in [-0.25, -0.2) is 4.39 Å². The molecule has 1 aromatic heterocycles. The van der Waals surface area contributed by atoms with Crippen LogP contribution in [0.4, 0.5) is 17.6 Å². The molecule has 0 radical (unpaired) electrons. The van der Waals surface area contributed by atoms with E-state index < -0.39 is 29.5 Å². The highest BCUT2D eigenvalue weighted by Gasteiger charge is 2.37. The van der Waals surface area contributed by atoms with Crippen LogP contribution in [0, 0.1) is 5.82 Å². The summed E-state index contributed by atoms with van der Waals surface area (Å²) >= 11 is 0. The molecule has 1 aliphatic rings. The van der Waals surface area contributed by atoms with E-state index in [2.05, 4.69) is 0 Å². The topological polar surface area (TPSA) is 34.5 Å². The number of hydrogen-bond acceptors (Lipinski definition) is 2. The lowest BCUT2D eigenvalue weighted by Crippen LogP contribution is -2.42. The minimum absolute atomic E-state index is 0.135. The maximum Gasteiger partial charge on any atom is 0.419 e. The number of fused-ring (bicyclic) bond motifs is 1. The van der Waals surface area contributed by atoms with Crippen molar-refractivity contribution in [2.24, 2.45) is 0 Å². The highest BCUT2D eigenvalue weighted by molar-refractivity contribution is 5.95. The van der Waals surface area contributed by atoms with Gasteiger partial charge in [0.15, 0.2) is 0 Å². The zero-order valence-electron chi connectivity index (χ0n) is 16.0. The van der Waals surface area contributed by atoms with E-state index in [4.69, 9.17) is 4.74 Å². The van der Waals surface area contributed by atoms with Crippen molar-refractivity contribution in [2.75, 3.05) is 13.7 Å². The van der Waals surface area contributed by atoms with Crippen molar-refractivity contribution in [1.82, 2.24) is 9.47 Å². The predicted octanol–water partition coefficient (Wildman–Crippen LogP) is 4.90. The monoisotopic (exact) mass is 418 g/mol. The third-order valence-corrected chi connectivity index (χ3v) is 5.25. The minimum Gasteiger partial charge on any atom is -0.496 e. The standard InChI is InChI=1S/C22H18F4N2O2/c1-30-19-9-8-14(13-16(19)22(24,25)26)21(29)28-12-11-27-10-4-7-18(27)20(28)15-5-2-3-6-17(15)23/h2-10,13,20H,11-12H2,1H3/t20-/m1/s1. The predicted molar refractivity (Wildman–Crippen MR) is 102 cm³/mol. The number of halogens is 4. The van der Waals surface area contributed by atoms with Crippen molar-refractivity contribution >= 4 is 5.91 Å². The number of benzene rings is 2. The molecule has 2 heterocycles. The zero-order chi connectivity index (χ0) is 21.5. The van der Waals surface area contributed by atoms with Gasteiger partial charge in [-0.15, -0.1) is 0 Å². The lowest BCUT2D eigenvalue weighted by atomic mass is 9.98. The molecule has 0 fully saturated rings. The number of methoxy groups -OCH3 is 1. The smallest absolute Gasteiger partial charge is 0.419 e. The molecule has 2 aromatic carbocycles. The lowest BCUT2D eigenvalue weighted by molar-refractivity contribution is -0.138. The Bertz CT molecular complexity index is 1090. The van der Waals surface area contributed by atoms with Crippen LogP contribution in [0.3, 0.4) is 0 Å². The Morgan fingerprint density at radius 1 is 1.07 bits per heavy atom. The summed E-state index contributed by atoms with van der Waals surface area (Å²) in [7, 11) is 1.14. The van der Waals surface area contributed by atoms with Gasteiger partial charge in [0, 0.05) is 36.1 Å². The van der Waals surface area contributed by atoms with E-state index in [1.807, 2.05) is 10.8 Å².